The topological polar surface area (TPSA) is 52.2 Å². The Morgan fingerprint density at radius 1 is 1.29 bits per heavy atom. The van der Waals surface area contributed by atoms with Gasteiger partial charge in [0.05, 0.1) is 0 Å². The highest BCUT2D eigenvalue weighted by Gasteiger charge is 2.23. The summed E-state index contributed by atoms with van der Waals surface area (Å²) in [7, 11) is 0. The van der Waals surface area contributed by atoms with Crippen molar-refractivity contribution >= 4 is 11.0 Å². The summed E-state index contributed by atoms with van der Waals surface area (Å²) in [5.41, 5.74) is 4.36. The standard InChI is InChI=1S/C20H23N3O/c1-2-23-8-4-6-15(13-23)19-12-22-20-18(19)10-16(11-21-20)14-5-3-7-17(24)9-14/h3,5,7,9-12,15,24H,2,4,6,8,13H2,1H3,(H,21,22). The Balaban J connectivity index is 1.73. The minimum absolute atomic E-state index is 0.285. The monoisotopic (exact) mass is 321 g/mol. The summed E-state index contributed by atoms with van der Waals surface area (Å²) in [4.78, 5) is 10.4. The Hall–Kier alpha value is -2.33. The van der Waals surface area contributed by atoms with Crippen LogP contribution < -0.4 is 0 Å². The molecular weight excluding hydrogens is 298 g/mol. The van der Waals surface area contributed by atoms with Gasteiger partial charge in [-0.15, -0.1) is 0 Å². The maximum absolute atomic E-state index is 9.73. The van der Waals surface area contributed by atoms with Crippen molar-refractivity contribution < 1.29 is 5.11 Å². The molecule has 24 heavy (non-hydrogen) atoms. The second kappa shape index (κ2) is 6.29. The lowest BCUT2D eigenvalue weighted by Crippen LogP contribution is -2.33. The Morgan fingerprint density at radius 3 is 3.04 bits per heavy atom. The van der Waals surface area contributed by atoms with E-state index in [0.29, 0.717) is 5.92 Å². The molecule has 4 nitrogen and oxygen atoms in total. The molecule has 4 heteroatoms. The van der Waals surface area contributed by atoms with Crippen molar-refractivity contribution in [2.45, 2.75) is 25.7 Å². The molecule has 0 amide bonds. The molecule has 1 aromatic carbocycles. The molecule has 3 aromatic rings. The number of likely N-dealkylation sites (N-methyl/N-ethyl adjacent to an activating group) is 1. The van der Waals surface area contributed by atoms with Crippen molar-refractivity contribution in [3.8, 4) is 16.9 Å². The number of likely N-dealkylation sites (tertiary alicyclic amines) is 1. The van der Waals surface area contributed by atoms with Gasteiger partial charge in [0.15, 0.2) is 0 Å². The van der Waals surface area contributed by atoms with Crippen molar-refractivity contribution in [1.29, 1.82) is 0 Å². The first kappa shape index (κ1) is 15.2. The predicted molar refractivity (Wildman–Crippen MR) is 97.3 cm³/mol. The molecule has 0 spiro atoms. The number of fused-ring (bicyclic) bond motifs is 1. The number of aromatic hydroxyl groups is 1. The van der Waals surface area contributed by atoms with Crippen molar-refractivity contribution in [2.75, 3.05) is 19.6 Å². The minimum atomic E-state index is 0.285. The van der Waals surface area contributed by atoms with E-state index in [9.17, 15) is 5.11 Å². The summed E-state index contributed by atoms with van der Waals surface area (Å²) in [6.07, 6.45) is 6.50. The highest BCUT2D eigenvalue weighted by molar-refractivity contribution is 5.85. The van der Waals surface area contributed by atoms with Gasteiger partial charge in [0.25, 0.3) is 0 Å². The van der Waals surface area contributed by atoms with Crippen molar-refractivity contribution in [1.82, 2.24) is 14.9 Å². The van der Waals surface area contributed by atoms with Gasteiger partial charge in [-0.05, 0) is 61.2 Å². The van der Waals surface area contributed by atoms with E-state index >= 15 is 0 Å². The number of pyridine rings is 1. The van der Waals surface area contributed by atoms with Gasteiger partial charge < -0.3 is 15.0 Å². The minimum Gasteiger partial charge on any atom is -0.508 e. The molecule has 0 aliphatic carbocycles. The van der Waals surface area contributed by atoms with Crippen LogP contribution in [0.15, 0.2) is 42.7 Å². The molecule has 1 aliphatic heterocycles. The van der Waals surface area contributed by atoms with E-state index in [-0.39, 0.29) is 5.75 Å². The first-order chi connectivity index (χ1) is 11.7. The van der Waals surface area contributed by atoms with E-state index < -0.39 is 0 Å². The van der Waals surface area contributed by atoms with Crippen LogP contribution in [0, 0.1) is 0 Å². The first-order valence-electron chi connectivity index (χ1n) is 8.73. The number of aromatic amines is 1. The van der Waals surface area contributed by atoms with E-state index in [1.54, 1.807) is 12.1 Å². The number of phenols is 1. The van der Waals surface area contributed by atoms with Crippen LogP contribution in [0.25, 0.3) is 22.2 Å². The smallest absolute Gasteiger partial charge is 0.137 e. The number of piperidine rings is 1. The van der Waals surface area contributed by atoms with Crippen molar-refractivity contribution in [3.05, 3.63) is 48.3 Å². The van der Waals surface area contributed by atoms with Gasteiger partial charge in [-0.2, -0.15) is 0 Å². The Kier molecular flexibility index (Phi) is 3.98. The average Bonchev–Trinajstić information content (AvgIpc) is 3.05. The van der Waals surface area contributed by atoms with Gasteiger partial charge in [-0.3, -0.25) is 0 Å². The number of benzene rings is 1. The predicted octanol–water partition coefficient (Wildman–Crippen LogP) is 4.13. The van der Waals surface area contributed by atoms with Crippen LogP contribution >= 0.6 is 0 Å². The Bertz CT molecular complexity index is 855. The van der Waals surface area contributed by atoms with Gasteiger partial charge >= 0.3 is 0 Å². The summed E-state index contributed by atoms with van der Waals surface area (Å²) in [5, 5.41) is 10.9. The van der Waals surface area contributed by atoms with Gasteiger partial charge in [-0.1, -0.05) is 19.1 Å². The number of aromatic nitrogens is 2. The maximum atomic E-state index is 9.73. The van der Waals surface area contributed by atoms with E-state index in [1.165, 1.54) is 30.3 Å². The van der Waals surface area contributed by atoms with Crippen LogP contribution in [0.5, 0.6) is 5.75 Å². The van der Waals surface area contributed by atoms with E-state index in [0.717, 1.165) is 29.9 Å². The number of phenolic OH excluding ortho intramolecular Hbond substituents is 1. The number of H-pyrrole nitrogens is 1. The van der Waals surface area contributed by atoms with Gasteiger partial charge in [-0.25, -0.2) is 4.98 Å². The lowest BCUT2D eigenvalue weighted by molar-refractivity contribution is 0.218. The Morgan fingerprint density at radius 2 is 2.21 bits per heavy atom. The van der Waals surface area contributed by atoms with Crippen LogP contribution in [0.3, 0.4) is 0 Å². The second-order valence-electron chi connectivity index (χ2n) is 6.65. The fourth-order valence-corrected chi connectivity index (χ4v) is 3.80. The molecule has 0 saturated carbocycles. The third-order valence-corrected chi connectivity index (χ3v) is 5.14. The molecule has 3 heterocycles. The van der Waals surface area contributed by atoms with E-state index in [4.69, 9.17) is 0 Å². The molecule has 2 aromatic heterocycles. The summed E-state index contributed by atoms with van der Waals surface area (Å²) in [5.74, 6) is 0.849. The Labute approximate surface area is 142 Å². The molecule has 1 atom stereocenters. The number of hydrogen-bond donors (Lipinski definition) is 2. The molecule has 2 N–H and O–H groups in total. The van der Waals surface area contributed by atoms with E-state index in [1.807, 2.05) is 18.3 Å². The number of rotatable bonds is 3. The van der Waals surface area contributed by atoms with Gasteiger partial charge in [0, 0.05) is 29.9 Å². The third kappa shape index (κ3) is 2.78. The highest BCUT2D eigenvalue weighted by Crippen LogP contribution is 2.33. The molecule has 0 bridgehead atoms. The SMILES string of the molecule is CCN1CCCC(c2c[nH]c3ncc(-c4cccc(O)c4)cc23)C1. The zero-order valence-corrected chi connectivity index (χ0v) is 14.0. The maximum Gasteiger partial charge on any atom is 0.137 e. The lowest BCUT2D eigenvalue weighted by atomic mass is 9.90. The fourth-order valence-electron chi connectivity index (χ4n) is 3.80. The highest BCUT2D eigenvalue weighted by atomic mass is 16.3. The summed E-state index contributed by atoms with van der Waals surface area (Å²) in [6.45, 7) is 5.69. The van der Waals surface area contributed by atoms with Crippen molar-refractivity contribution in [3.63, 3.8) is 0 Å². The quantitative estimate of drug-likeness (QED) is 0.762. The largest absolute Gasteiger partial charge is 0.508 e. The molecular formula is C20H23N3O. The molecule has 1 fully saturated rings. The summed E-state index contributed by atoms with van der Waals surface area (Å²) >= 11 is 0. The average molecular weight is 321 g/mol. The number of nitrogens with zero attached hydrogens (tertiary/aromatic N) is 2. The zero-order chi connectivity index (χ0) is 16.5. The summed E-state index contributed by atoms with van der Waals surface area (Å²) in [6, 6.07) is 9.56. The second-order valence-corrected chi connectivity index (χ2v) is 6.65. The number of nitrogens with one attached hydrogen (secondary N) is 1. The van der Waals surface area contributed by atoms with Crippen LogP contribution in [0.4, 0.5) is 0 Å². The normalized spacial score (nSPS) is 19.0. The molecule has 0 radical (unpaired) electrons. The van der Waals surface area contributed by atoms with Crippen LogP contribution in [-0.4, -0.2) is 39.6 Å². The van der Waals surface area contributed by atoms with Crippen LogP contribution in [0.2, 0.25) is 0 Å². The third-order valence-electron chi connectivity index (χ3n) is 5.14. The number of hydrogen-bond acceptors (Lipinski definition) is 3. The van der Waals surface area contributed by atoms with Gasteiger partial charge in [0.2, 0.25) is 0 Å². The molecule has 1 aliphatic rings. The van der Waals surface area contributed by atoms with Crippen LogP contribution in [0.1, 0.15) is 31.2 Å². The lowest BCUT2D eigenvalue weighted by Gasteiger charge is -2.31. The van der Waals surface area contributed by atoms with Crippen LogP contribution in [-0.2, 0) is 0 Å². The molecule has 1 saturated heterocycles. The molecule has 1 unspecified atom stereocenters. The van der Waals surface area contributed by atoms with Crippen molar-refractivity contribution in [2.24, 2.45) is 0 Å². The molecule has 124 valence electrons. The van der Waals surface area contributed by atoms with E-state index in [2.05, 4.69) is 34.1 Å². The molecule has 4 rings (SSSR count). The van der Waals surface area contributed by atoms with Gasteiger partial charge in [0.1, 0.15) is 11.4 Å². The zero-order valence-electron chi connectivity index (χ0n) is 14.0. The first-order valence-corrected chi connectivity index (χ1v) is 8.73. The summed E-state index contributed by atoms with van der Waals surface area (Å²) < 4.78 is 0. The fraction of sp³-hybridized carbons (Fsp3) is 0.350.